The first-order valence-corrected chi connectivity index (χ1v) is 4.86. The Balaban J connectivity index is 2.91. The second kappa shape index (κ2) is 4.77. The van der Waals surface area contributed by atoms with Gasteiger partial charge in [0, 0.05) is 4.47 Å². The molecule has 1 aromatic carbocycles. The van der Waals surface area contributed by atoms with Gasteiger partial charge in [0.05, 0.1) is 11.6 Å². The Hall–Kier alpha value is -1.34. The molecule has 0 aliphatic heterocycles. The molecule has 0 spiro atoms. The summed E-state index contributed by atoms with van der Waals surface area (Å²) in [7, 11) is 0. The van der Waals surface area contributed by atoms with Crippen LogP contribution in [0.5, 0.6) is 0 Å². The van der Waals surface area contributed by atoms with E-state index in [9.17, 15) is 4.79 Å². The molecule has 0 radical (unpaired) electrons. The summed E-state index contributed by atoms with van der Waals surface area (Å²) >= 11 is 3.33. The quantitative estimate of drug-likeness (QED) is 0.819. The van der Waals surface area contributed by atoms with E-state index in [-0.39, 0.29) is 12.5 Å². The maximum atomic E-state index is 11.5. The van der Waals surface area contributed by atoms with Crippen molar-refractivity contribution in [3.63, 3.8) is 0 Å². The lowest BCUT2D eigenvalue weighted by Gasteiger charge is -2.05. The number of carbonyl (C=O) groups is 1. The number of nitrogens with one attached hydrogen (secondary N) is 1. The van der Waals surface area contributed by atoms with Crippen LogP contribution in [-0.4, -0.2) is 12.5 Å². The minimum atomic E-state index is -0.234. The third-order valence-corrected chi connectivity index (χ3v) is 2.82. The molecule has 0 saturated heterocycles. The van der Waals surface area contributed by atoms with E-state index < -0.39 is 0 Å². The summed E-state index contributed by atoms with van der Waals surface area (Å²) in [6.07, 6.45) is 0. The van der Waals surface area contributed by atoms with Gasteiger partial charge < -0.3 is 5.32 Å². The number of amides is 1. The standard InChI is InChI=1S/C10H9BrN2O/c1-7-3-2-4-8(9(7)11)10(14)13-6-5-12/h2-4H,6H2,1H3,(H,13,14). The minimum absolute atomic E-state index is 0.0270. The lowest BCUT2D eigenvalue weighted by molar-refractivity contribution is 0.0957. The highest BCUT2D eigenvalue weighted by Crippen LogP contribution is 2.20. The molecule has 1 amide bonds. The van der Waals surface area contributed by atoms with E-state index in [1.54, 1.807) is 12.1 Å². The van der Waals surface area contributed by atoms with Gasteiger partial charge in [0.1, 0.15) is 6.54 Å². The Morgan fingerprint density at radius 2 is 2.36 bits per heavy atom. The largest absolute Gasteiger partial charge is 0.339 e. The molecule has 0 aliphatic rings. The fourth-order valence-electron chi connectivity index (χ4n) is 1.04. The van der Waals surface area contributed by atoms with E-state index in [2.05, 4.69) is 21.2 Å². The van der Waals surface area contributed by atoms with E-state index >= 15 is 0 Å². The molecule has 0 heterocycles. The average Bonchev–Trinajstić information content (AvgIpc) is 2.18. The van der Waals surface area contributed by atoms with Crippen molar-refractivity contribution < 1.29 is 4.79 Å². The van der Waals surface area contributed by atoms with Crippen LogP contribution in [0.15, 0.2) is 22.7 Å². The zero-order valence-electron chi connectivity index (χ0n) is 7.67. The fourth-order valence-corrected chi connectivity index (χ4v) is 1.48. The average molecular weight is 253 g/mol. The van der Waals surface area contributed by atoms with Crippen molar-refractivity contribution in [1.29, 1.82) is 5.26 Å². The number of benzene rings is 1. The van der Waals surface area contributed by atoms with E-state index in [0.29, 0.717) is 5.56 Å². The molecule has 1 aromatic rings. The molecule has 0 aromatic heterocycles. The number of hydrogen-bond acceptors (Lipinski definition) is 2. The molecule has 0 atom stereocenters. The summed E-state index contributed by atoms with van der Waals surface area (Å²) in [6, 6.07) is 7.28. The van der Waals surface area contributed by atoms with Crippen LogP contribution in [0.2, 0.25) is 0 Å². The molecule has 0 fully saturated rings. The number of nitrogens with zero attached hydrogens (tertiary/aromatic N) is 1. The SMILES string of the molecule is Cc1cccc(C(=O)NCC#N)c1Br. The van der Waals surface area contributed by atoms with Crippen molar-refractivity contribution in [2.75, 3.05) is 6.54 Å². The maximum absolute atomic E-state index is 11.5. The summed E-state index contributed by atoms with van der Waals surface area (Å²) in [4.78, 5) is 11.5. The first-order valence-electron chi connectivity index (χ1n) is 4.07. The van der Waals surface area contributed by atoms with Gasteiger partial charge in [-0.3, -0.25) is 4.79 Å². The molecule has 3 nitrogen and oxygen atoms in total. The van der Waals surface area contributed by atoms with E-state index in [1.807, 2.05) is 19.1 Å². The van der Waals surface area contributed by atoms with E-state index in [0.717, 1.165) is 10.0 Å². The Labute approximate surface area is 90.9 Å². The smallest absolute Gasteiger partial charge is 0.253 e. The molecule has 0 bridgehead atoms. The van der Waals surface area contributed by atoms with Gasteiger partial charge >= 0.3 is 0 Å². The van der Waals surface area contributed by atoms with Gasteiger partial charge in [0.15, 0.2) is 0 Å². The third-order valence-electron chi connectivity index (χ3n) is 1.76. The summed E-state index contributed by atoms with van der Waals surface area (Å²) in [5.41, 5.74) is 1.55. The van der Waals surface area contributed by atoms with Crippen molar-refractivity contribution in [3.05, 3.63) is 33.8 Å². The van der Waals surface area contributed by atoms with E-state index in [4.69, 9.17) is 5.26 Å². The van der Waals surface area contributed by atoms with Crippen LogP contribution in [0, 0.1) is 18.3 Å². The molecule has 1 rings (SSSR count). The van der Waals surface area contributed by atoms with Gasteiger partial charge in [-0.05, 0) is 34.5 Å². The third kappa shape index (κ3) is 2.33. The van der Waals surface area contributed by atoms with Crippen molar-refractivity contribution in [2.45, 2.75) is 6.92 Å². The van der Waals surface area contributed by atoms with Gasteiger partial charge in [-0.15, -0.1) is 0 Å². The predicted molar refractivity (Wildman–Crippen MR) is 56.8 cm³/mol. The van der Waals surface area contributed by atoms with Crippen LogP contribution < -0.4 is 5.32 Å². The maximum Gasteiger partial charge on any atom is 0.253 e. The van der Waals surface area contributed by atoms with Gasteiger partial charge in [0.25, 0.3) is 5.91 Å². The fraction of sp³-hybridized carbons (Fsp3) is 0.200. The van der Waals surface area contributed by atoms with Crippen LogP contribution in [0.3, 0.4) is 0 Å². The van der Waals surface area contributed by atoms with Crippen LogP contribution in [0.1, 0.15) is 15.9 Å². The van der Waals surface area contributed by atoms with Crippen LogP contribution >= 0.6 is 15.9 Å². The highest BCUT2D eigenvalue weighted by Gasteiger charge is 2.09. The van der Waals surface area contributed by atoms with Gasteiger partial charge in [-0.2, -0.15) is 5.26 Å². The van der Waals surface area contributed by atoms with E-state index in [1.165, 1.54) is 0 Å². The highest BCUT2D eigenvalue weighted by molar-refractivity contribution is 9.10. The normalized spacial score (nSPS) is 9.21. The van der Waals surface area contributed by atoms with Crippen molar-refractivity contribution >= 4 is 21.8 Å². The zero-order chi connectivity index (χ0) is 10.6. The molecule has 4 heteroatoms. The Morgan fingerprint density at radius 3 is 3.00 bits per heavy atom. The monoisotopic (exact) mass is 252 g/mol. The van der Waals surface area contributed by atoms with Crippen molar-refractivity contribution in [2.24, 2.45) is 0 Å². The molecule has 72 valence electrons. The minimum Gasteiger partial charge on any atom is -0.339 e. The lowest BCUT2D eigenvalue weighted by atomic mass is 10.1. The lowest BCUT2D eigenvalue weighted by Crippen LogP contribution is -2.23. The van der Waals surface area contributed by atoms with Crippen LogP contribution in [-0.2, 0) is 0 Å². The number of rotatable bonds is 2. The number of aryl methyl sites for hydroxylation is 1. The molecule has 0 saturated carbocycles. The molecular weight excluding hydrogens is 244 g/mol. The van der Waals surface area contributed by atoms with Gasteiger partial charge in [-0.25, -0.2) is 0 Å². The highest BCUT2D eigenvalue weighted by atomic mass is 79.9. The summed E-state index contributed by atoms with van der Waals surface area (Å²) in [5.74, 6) is -0.234. The summed E-state index contributed by atoms with van der Waals surface area (Å²) in [5, 5.41) is 10.8. The second-order valence-corrected chi connectivity index (χ2v) is 3.57. The zero-order valence-corrected chi connectivity index (χ0v) is 9.26. The predicted octanol–water partition coefficient (Wildman–Crippen LogP) is 2.01. The molecule has 0 aliphatic carbocycles. The van der Waals surface area contributed by atoms with Gasteiger partial charge in [-0.1, -0.05) is 12.1 Å². The summed E-state index contributed by atoms with van der Waals surface area (Å²) < 4.78 is 0.774. The first-order chi connectivity index (χ1) is 6.66. The van der Waals surface area contributed by atoms with Gasteiger partial charge in [0.2, 0.25) is 0 Å². The number of hydrogen-bond donors (Lipinski definition) is 1. The van der Waals surface area contributed by atoms with Crippen molar-refractivity contribution in [1.82, 2.24) is 5.32 Å². The molecule has 14 heavy (non-hydrogen) atoms. The van der Waals surface area contributed by atoms with Crippen LogP contribution in [0.4, 0.5) is 0 Å². The Kier molecular flexibility index (Phi) is 3.66. The molecular formula is C10H9BrN2O. The number of halogens is 1. The number of nitriles is 1. The Bertz CT molecular complexity index is 396. The van der Waals surface area contributed by atoms with Crippen LogP contribution in [0.25, 0.3) is 0 Å². The second-order valence-electron chi connectivity index (χ2n) is 2.78. The summed E-state index contributed by atoms with van der Waals surface area (Å²) in [6.45, 7) is 1.93. The molecule has 1 N–H and O–H groups in total. The first kappa shape index (κ1) is 10.7. The number of carbonyl (C=O) groups excluding carboxylic acids is 1. The molecule has 0 unspecified atom stereocenters. The van der Waals surface area contributed by atoms with Crippen molar-refractivity contribution in [3.8, 4) is 6.07 Å². The topological polar surface area (TPSA) is 52.9 Å². The Morgan fingerprint density at radius 1 is 1.64 bits per heavy atom.